The normalized spacial score (nSPS) is 17.3. The van der Waals surface area contributed by atoms with Gasteiger partial charge < -0.3 is 10.3 Å². The van der Waals surface area contributed by atoms with Gasteiger partial charge in [0.2, 0.25) is 0 Å². The van der Waals surface area contributed by atoms with Gasteiger partial charge in [-0.05, 0) is 37.5 Å². The van der Waals surface area contributed by atoms with Gasteiger partial charge in [-0.2, -0.15) is 0 Å². The molecule has 0 aliphatic heterocycles. The van der Waals surface area contributed by atoms with E-state index in [0.29, 0.717) is 6.04 Å². The highest BCUT2D eigenvalue weighted by Crippen LogP contribution is 2.39. The van der Waals surface area contributed by atoms with E-state index in [4.69, 9.17) is 22.3 Å². The van der Waals surface area contributed by atoms with E-state index in [2.05, 4.69) is 17.6 Å². The molecule has 0 radical (unpaired) electrons. The van der Waals surface area contributed by atoms with E-state index in [9.17, 15) is 0 Å². The summed E-state index contributed by atoms with van der Waals surface area (Å²) in [5.74, 6) is 1.11. The second-order valence-electron chi connectivity index (χ2n) is 5.13. The molecule has 1 fully saturated rings. The highest BCUT2D eigenvalue weighted by molar-refractivity contribution is 6.31. The van der Waals surface area contributed by atoms with Gasteiger partial charge in [-0.1, -0.05) is 18.5 Å². The zero-order valence-corrected chi connectivity index (χ0v) is 11.3. The summed E-state index contributed by atoms with van der Waals surface area (Å²) in [4.78, 5) is 4.72. The van der Waals surface area contributed by atoms with Crippen molar-refractivity contribution in [3.8, 4) is 0 Å². The molecule has 3 rings (SSSR count). The van der Waals surface area contributed by atoms with Crippen molar-refractivity contribution in [3.05, 3.63) is 29.0 Å². The molecule has 1 saturated carbocycles. The Kier molecular flexibility index (Phi) is 3.04. The summed E-state index contributed by atoms with van der Waals surface area (Å²) in [5.41, 5.74) is 8.25. The van der Waals surface area contributed by atoms with Crippen molar-refractivity contribution in [2.24, 2.45) is 5.73 Å². The Morgan fingerprint density at radius 2 is 2.28 bits per heavy atom. The van der Waals surface area contributed by atoms with Crippen molar-refractivity contribution < 1.29 is 0 Å². The molecule has 1 aromatic heterocycles. The monoisotopic (exact) mass is 263 g/mol. The molecule has 1 atom stereocenters. The number of halogens is 1. The zero-order chi connectivity index (χ0) is 12.7. The first-order valence-corrected chi connectivity index (χ1v) is 6.98. The minimum absolute atomic E-state index is 0.190. The summed E-state index contributed by atoms with van der Waals surface area (Å²) in [7, 11) is 0. The molecule has 2 aromatic rings. The predicted molar refractivity (Wildman–Crippen MR) is 75.0 cm³/mol. The van der Waals surface area contributed by atoms with Crippen LogP contribution in [0.5, 0.6) is 0 Å². The van der Waals surface area contributed by atoms with Crippen molar-refractivity contribution in [2.75, 3.05) is 0 Å². The molecule has 0 saturated heterocycles. The quantitative estimate of drug-likeness (QED) is 0.920. The van der Waals surface area contributed by atoms with E-state index >= 15 is 0 Å². The number of nitrogens with zero attached hydrogens (tertiary/aromatic N) is 2. The fraction of sp³-hybridized carbons (Fsp3) is 0.500. The largest absolute Gasteiger partial charge is 0.327 e. The summed E-state index contributed by atoms with van der Waals surface area (Å²) in [6.07, 6.45) is 4.33. The Balaban J connectivity index is 2.08. The molecule has 0 amide bonds. The summed E-state index contributed by atoms with van der Waals surface area (Å²) in [6.45, 7) is 2.12. The fourth-order valence-electron chi connectivity index (χ4n) is 2.38. The third-order valence-corrected chi connectivity index (χ3v) is 3.84. The van der Waals surface area contributed by atoms with Crippen LogP contribution in [0.2, 0.25) is 5.02 Å². The Hall–Kier alpha value is -1.06. The van der Waals surface area contributed by atoms with Crippen molar-refractivity contribution >= 4 is 22.6 Å². The lowest BCUT2D eigenvalue weighted by molar-refractivity contribution is 0.592. The highest BCUT2D eigenvalue weighted by Gasteiger charge is 2.28. The Labute approximate surface area is 112 Å². The molecule has 0 spiro atoms. The Morgan fingerprint density at radius 3 is 2.94 bits per heavy atom. The van der Waals surface area contributed by atoms with E-state index in [-0.39, 0.29) is 6.04 Å². The maximum absolute atomic E-state index is 6.07. The third-order valence-electron chi connectivity index (χ3n) is 3.61. The second kappa shape index (κ2) is 4.56. The second-order valence-corrected chi connectivity index (χ2v) is 5.57. The maximum atomic E-state index is 6.07. The van der Waals surface area contributed by atoms with Crippen molar-refractivity contribution in [1.29, 1.82) is 0 Å². The van der Waals surface area contributed by atoms with E-state index in [1.54, 1.807) is 0 Å². The first-order chi connectivity index (χ1) is 8.69. The van der Waals surface area contributed by atoms with Gasteiger partial charge in [-0.15, -0.1) is 0 Å². The van der Waals surface area contributed by atoms with E-state index in [1.807, 2.05) is 12.1 Å². The van der Waals surface area contributed by atoms with Crippen LogP contribution < -0.4 is 5.73 Å². The molecule has 4 heteroatoms. The molecule has 0 bridgehead atoms. The van der Waals surface area contributed by atoms with Crippen molar-refractivity contribution in [3.63, 3.8) is 0 Å². The number of hydrogen-bond acceptors (Lipinski definition) is 2. The molecular formula is C14H18ClN3. The first kappa shape index (κ1) is 12.0. The van der Waals surface area contributed by atoms with Gasteiger partial charge in [0, 0.05) is 23.5 Å². The molecule has 1 aromatic carbocycles. The smallest absolute Gasteiger partial charge is 0.111 e. The number of fused-ring (bicyclic) bond motifs is 1. The van der Waals surface area contributed by atoms with Crippen LogP contribution in [0.15, 0.2) is 18.2 Å². The van der Waals surface area contributed by atoms with Crippen molar-refractivity contribution in [2.45, 2.75) is 44.7 Å². The van der Waals surface area contributed by atoms with E-state index in [0.717, 1.165) is 29.2 Å². The van der Waals surface area contributed by atoms with Gasteiger partial charge in [0.1, 0.15) is 5.82 Å². The summed E-state index contributed by atoms with van der Waals surface area (Å²) in [6, 6.07) is 6.76. The number of imidazole rings is 1. The Morgan fingerprint density at radius 1 is 1.50 bits per heavy atom. The Bertz CT molecular complexity index is 572. The van der Waals surface area contributed by atoms with Crippen LogP contribution in [0, 0.1) is 0 Å². The molecule has 2 N–H and O–H groups in total. The molecule has 1 heterocycles. The molecule has 1 aliphatic carbocycles. The van der Waals surface area contributed by atoms with E-state index in [1.165, 1.54) is 18.4 Å². The minimum atomic E-state index is 0.190. The third kappa shape index (κ3) is 2.13. The lowest BCUT2D eigenvalue weighted by Crippen LogP contribution is -2.23. The van der Waals surface area contributed by atoms with Gasteiger partial charge in [0.05, 0.1) is 11.0 Å². The predicted octanol–water partition coefficient (Wildman–Crippen LogP) is 3.30. The van der Waals surface area contributed by atoms with Crippen LogP contribution in [0.25, 0.3) is 11.0 Å². The topological polar surface area (TPSA) is 43.8 Å². The van der Waals surface area contributed by atoms with Crippen LogP contribution >= 0.6 is 11.6 Å². The number of rotatable bonds is 4. The molecule has 1 aliphatic rings. The average Bonchev–Trinajstić information content (AvgIpc) is 3.11. The molecule has 18 heavy (non-hydrogen) atoms. The van der Waals surface area contributed by atoms with Crippen LogP contribution in [-0.2, 0) is 6.42 Å². The van der Waals surface area contributed by atoms with Gasteiger partial charge in [-0.25, -0.2) is 4.98 Å². The molecule has 1 unspecified atom stereocenters. The average molecular weight is 264 g/mol. The number of aromatic nitrogens is 2. The summed E-state index contributed by atoms with van der Waals surface area (Å²) >= 11 is 6.03. The number of nitrogens with two attached hydrogens (primary N) is 1. The van der Waals surface area contributed by atoms with Gasteiger partial charge in [-0.3, -0.25) is 0 Å². The number of benzene rings is 1. The minimum Gasteiger partial charge on any atom is -0.327 e. The number of hydrogen-bond donors (Lipinski definition) is 1. The zero-order valence-electron chi connectivity index (χ0n) is 10.6. The standard InChI is InChI=1S/C14H18ClN3/c1-2-10(16)8-14-17-12-7-9(15)3-6-13(12)18(14)11-4-5-11/h3,6-7,10-11H,2,4-5,8,16H2,1H3. The summed E-state index contributed by atoms with van der Waals surface area (Å²) < 4.78 is 2.36. The molecule has 96 valence electrons. The SMILES string of the molecule is CCC(N)Cc1nc2cc(Cl)ccc2n1C1CC1. The fourth-order valence-corrected chi connectivity index (χ4v) is 2.55. The molecule has 3 nitrogen and oxygen atoms in total. The maximum Gasteiger partial charge on any atom is 0.111 e. The van der Waals surface area contributed by atoms with Gasteiger partial charge in [0.15, 0.2) is 0 Å². The van der Waals surface area contributed by atoms with Crippen LogP contribution in [0.4, 0.5) is 0 Å². The van der Waals surface area contributed by atoms with Crippen LogP contribution in [-0.4, -0.2) is 15.6 Å². The first-order valence-electron chi connectivity index (χ1n) is 6.61. The molecular weight excluding hydrogens is 246 g/mol. The van der Waals surface area contributed by atoms with Crippen molar-refractivity contribution in [1.82, 2.24) is 9.55 Å². The highest BCUT2D eigenvalue weighted by atomic mass is 35.5. The van der Waals surface area contributed by atoms with Crippen LogP contribution in [0.1, 0.15) is 38.1 Å². The summed E-state index contributed by atoms with van der Waals surface area (Å²) in [5, 5.41) is 0.745. The van der Waals surface area contributed by atoms with Gasteiger partial charge in [0.25, 0.3) is 0 Å². The lowest BCUT2D eigenvalue weighted by atomic mass is 10.1. The van der Waals surface area contributed by atoms with Gasteiger partial charge >= 0.3 is 0 Å². The lowest BCUT2D eigenvalue weighted by Gasteiger charge is -2.11. The van der Waals surface area contributed by atoms with Crippen LogP contribution in [0.3, 0.4) is 0 Å². The van der Waals surface area contributed by atoms with E-state index < -0.39 is 0 Å².